The first-order valence-corrected chi connectivity index (χ1v) is 9.07. The van der Waals surface area contributed by atoms with Crippen molar-refractivity contribution in [3.05, 3.63) is 85.0 Å². The molecule has 0 aliphatic heterocycles. The molecular formula is C22H17N3O6. The topological polar surface area (TPSA) is 139 Å². The molecule has 3 aromatic rings. The van der Waals surface area contributed by atoms with E-state index in [0.717, 1.165) is 5.56 Å². The second kappa shape index (κ2) is 9.02. The van der Waals surface area contributed by atoms with E-state index in [1.807, 2.05) is 0 Å². The van der Waals surface area contributed by atoms with Crippen LogP contribution in [0, 0.1) is 21.4 Å². The van der Waals surface area contributed by atoms with E-state index < -0.39 is 16.2 Å². The Kier molecular flexibility index (Phi) is 6.23. The third kappa shape index (κ3) is 4.49. The summed E-state index contributed by atoms with van der Waals surface area (Å²) in [7, 11) is 1.31. The zero-order valence-electron chi connectivity index (χ0n) is 16.7. The Hall–Kier alpha value is -4.29. The van der Waals surface area contributed by atoms with E-state index in [-0.39, 0.29) is 29.2 Å². The summed E-state index contributed by atoms with van der Waals surface area (Å²) in [6.07, 6.45) is 2.80. The molecule has 2 aromatic heterocycles. The molecule has 0 saturated carbocycles. The smallest absolute Gasteiger partial charge is 0.299 e. The molecule has 3 rings (SSSR count). The Morgan fingerprint density at radius 2 is 1.97 bits per heavy atom. The van der Waals surface area contributed by atoms with E-state index in [1.54, 1.807) is 42.5 Å². The standard InChI is InChI=1S/C22H17N3O6/c1-13(26)14-3-5-15(6-4-14)20-10-8-16(31-20)7-9-19-21(25(28)29)18(12-30-2)17(11-23)22(27)24-19/h3-10H,12H2,1-2H3,(H,24,27). The fourth-order valence-electron chi connectivity index (χ4n) is 3.03. The lowest BCUT2D eigenvalue weighted by Gasteiger charge is -2.06. The van der Waals surface area contributed by atoms with Gasteiger partial charge in [0.15, 0.2) is 5.78 Å². The van der Waals surface area contributed by atoms with Gasteiger partial charge in [0.05, 0.1) is 17.1 Å². The molecular weight excluding hydrogens is 402 g/mol. The van der Waals surface area contributed by atoms with Gasteiger partial charge in [-0.25, -0.2) is 0 Å². The van der Waals surface area contributed by atoms with E-state index in [0.29, 0.717) is 17.1 Å². The van der Waals surface area contributed by atoms with E-state index in [1.165, 1.54) is 26.2 Å². The first-order valence-electron chi connectivity index (χ1n) is 9.07. The molecule has 0 aliphatic carbocycles. The van der Waals surface area contributed by atoms with Gasteiger partial charge in [-0.05, 0) is 31.2 Å². The second-order valence-electron chi connectivity index (χ2n) is 6.54. The largest absolute Gasteiger partial charge is 0.457 e. The van der Waals surface area contributed by atoms with Crippen molar-refractivity contribution in [2.24, 2.45) is 0 Å². The van der Waals surface area contributed by atoms with Crippen LogP contribution in [0.2, 0.25) is 0 Å². The number of carbonyl (C=O) groups excluding carboxylic acids is 1. The summed E-state index contributed by atoms with van der Waals surface area (Å²) in [6.45, 7) is 1.22. The van der Waals surface area contributed by atoms with Gasteiger partial charge in [-0.2, -0.15) is 5.26 Å². The third-order valence-corrected chi connectivity index (χ3v) is 4.52. The molecule has 0 unspecified atom stereocenters. The summed E-state index contributed by atoms with van der Waals surface area (Å²) in [6, 6.07) is 12.0. The number of pyridine rings is 1. The van der Waals surface area contributed by atoms with Crippen molar-refractivity contribution in [2.75, 3.05) is 7.11 Å². The molecule has 9 heteroatoms. The molecule has 0 saturated heterocycles. The highest BCUT2D eigenvalue weighted by Crippen LogP contribution is 2.27. The van der Waals surface area contributed by atoms with Gasteiger partial charge in [-0.3, -0.25) is 19.7 Å². The lowest BCUT2D eigenvalue weighted by molar-refractivity contribution is -0.386. The lowest BCUT2D eigenvalue weighted by atomic mass is 10.1. The molecule has 1 aromatic carbocycles. The number of methoxy groups -OCH3 is 1. The van der Waals surface area contributed by atoms with Crippen LogP contribution < -0.4 is 5.56 Å². The fourth-order valence-corrected chi connectivity index (χ4v) is 3.03. The maximum atomic E-state index is 12.2. The first-order chi connectivity index (χ1) is 14.8. The number of H-pyrrole nitrogens is 1. The Morgan fingerprint density at radius 1 is 1.26 bits per heavy atom. The zero-order chi connectivity index (χ0) is 22.5. The molecule has 31 heavy (non-hydrogen) atoms. The van der Waals surface area contributed by atoms with Gasteiger partial charge in [0.2, 0.25) is 0 Å². The molecule has 1 N–H and O–H groups in total. The van der Waals surface area contributed by atoms with Crippen molar-refractivity contribution in [1.82, 2.24) is 4.98 Å². The third-order valence-electron chi connectivity index (χ3n) is 4.52. The number of benzene rings is 1. The summed E-state index contributed by atoms with van der Waals surface area (Å²) in [4.78, 5) is 36.9. The van der Waals surface area contributed by atoms with Gasteiger partial charge in [0, 0.05) is 18.2 Å². The number of hydrogen-bond acceptors (Lipinski definition) is 7. The van der Waals surface area contributed by atoms with Crippen LogP contribution in [0.1, 0.15) is 39.9 Å². The minimum absolute atomic E-state index is 0.0412. The summed E-state index contributed by atoms with van der Waals surface area (Å²) in [5.74, 6) is 0.886. The molecule has 0 radical (unpaired) electrons. The van der Waals surface area contributed by atoms with Crippen molar-refractivity contribution >= 4 is 23.6 Å². The average Bonchev–Trinajstić information content (AvgIpc) is 3.21. The number of Topliss-reactive ketones (excluding diaryl/α,β-unsaturated/α-hetero) is 1. The van der Waals surface area contributed by atoms with Crippen molar-refractivity contribution in [1.29, 1.82) is 5.26 Å². The van der Waals surface area contributed by atoms with Gasteiger partial charge in [0.25, 0.3) is 11.2 Å². The Labute approximate surface area is 176 Å². The Bertz CT molecular complexity index is 1280. The number of ether oxygens (including phenoxy) is 1. The molecule has 0 aliphatic rings. The number of nitriles is 1. The number of nitrogens with zero attached hydrogens (tertiary/aromatic N) is 2. The van der Waals surface area contributed by atoms with Crippen LogP contribution in [0.4, 0.5) is 5.69 Å². The molecule has 0 fully saturated rings. The number of hydrogen-bond donors (Lipinski definition) is 1. The highest BCUT2D eigenvalue weighted by molar-refractivity contribution is 5.94. The fraction of sp³-hybridized carbons (Fsp3) is 0.136. The van der Waals surface area contributed by atoms with E-state index >= 15 is 0 Å². The number of rotatable bonds is 7. The van der Waals surface area contributed by atoms with Crippen molar-refractivity contribution in [2.45, 2.75) is 13.5 Å². The molecule has 0 spiro atoms. The Balaban J connectivity index is 1.97. The predicted octanol–water partition coefficient (Wildman–Crippen LogP) is 3.93. The summed E-state index contributed by atoms with van der Waals surface area (Å²) < 4.78 is 10.7. The number of nitrogens with one attached hydrogen (secondary N) is 1. The molecule has 0 bridgehead atoms. The van der Waals surface area contributed by atoms with Crippen LogP contribution in [0.15, 0.2) is 45.6 Å². The second-order valence-corrected chi connectivity index (χ2v) is 6.54. The number of carbonyl (C=O) groups is 1. The van der Waals surface area contributed by atoms with Crippen molar-refractivity contribution in [3.8, 4) is 17.4 Å². The van der Waals surface area contributed by atoms with Crippen LogP contribution in [-0.4, -0.2) is 22.8 Å². The number of furan rings is 1. The number of ketones is 1. The average molecular weight is 419 g/mol. The van der Waals surface area contributed by atoms with E-state index in [4.69, 9.17) is 9.15 Å². The van der Waals surface area contributed by atoms with Crippen molar-refractivity contribution in [3.63, 3.8) is 0 Å². The highest BCUT2D eigenvalue weighted by atomic mass is 16.6. The van der Waals surface area contributed by atoms with Crippen LogP contribution in [0.3, 0.4) is 0 Å². The van der Waals surface area contributed by atoms with Crippen LogP contribution in [0.25, 0.3) is 23.5 Å². The maximum Gasteiger partial charge on any atom is 0.299 e. The molecule has 9 nitrogen and oxygen atoms in total. The minimum Gasteiger partial charge on any atom is -0.457 e. The normalized spacial score (nSPS) is 10.9. The zero-order valence-corrected chi connectivity index (χ0v) is 16.7. The van der Waals surface area contributed by atoms with Gasteiger partial charge in [-0.15, -0.1) is 0 Å². The van der Waals surface area contributed by atoms with Gasteiger partial charge in [0.1, 0.15) is 28.8 Å². The number of nitro groups is 1. The Morgan fingerprint density at radius 3 is 2.55 bits per heavy atom. The molecule has 156 valence electrons. The van der Waals surface area contributed by atoms with E-state index in [2.05, 4.69) is 4.98 Å². The first kappa shape index (κ1) is 21.4. The lowest BCUT2D eigenvalue weighted by Crippen LogP contribution is -2.18. The van der Waals surface area contributed by atoms with Crippen LogP contribution in [-0.2, 0) is 11.3 Å². The number of aromatic amines is 1. The van der Waals surface area contributed by atoms with E-state index in [9.17, 15) is 25.0 Å². The summed E-state index contributed by atoms with van der Waals surface area (Å²) in [5, 5.41) is 20.8. The molecule has 2 heterocycles. The minimum atomic E-state index is -0.745. The highest BCUT2D eigenvalue weighted by Gasteiger charge is 2.25. The SMILES string of the molecule is COCc1c([N+](=O)[O-])c(C=Cc2ccc(-c3ccc(C(C)=O)cc3)o2)[nH]c(=O)c1C#N. The molecule has 0 amide bonds. The summed E-state index contributed by atoms with van der Waals surface area (Å²) in [5.41, 5.74) is -0.357. The molecule has 0 atom stereocenters. The predicted molar refractivity (Wildman–Crippen MR) is 112 cm³/mol. The van der Waals surface area contributed by atoms with Crippen LogP contribution in [0.5, 0.6) is 0 Å². The summed E-state index contributed by atoms with van der Waals surface area (Å²) >= 11 is 0. The maximum absolute atomic E-state index is 12.2. The quantitative estimate of drug-likeness (QED) is 0.347. The number of aromatic nitrogens is 1. The van der Waals surface area contributed by atoms with Gasteiger partial charge in [-0.1, -0.05) is 24.3 Å². The van der Waals surface area contributed by atoms with Crippen LogP contribution >= 0.6 is 0 Å². The van der Waals surface area contributed by atoms with Crippen molar-refractivity contribution < 1.29 is 18.9 Å². The van der Waals surface area contributed by atoms with Gasteiger partial charge < -0.3 is 14.1 Å². The monoisotopic (exact) mass is 419 g/mol. The van der Waals surface area contributed by atoms with Gasteiger partial charge >= 0.3 is 0 Å².